The van der Waals surface area contributed by atoms with Gasteiger partial charge in [0.1, 0.15) is 11.5 Å². The maximum absolute atomic E-state index is 12.7. The van der Waals surface area contributed by atoms with Gasteiger partial charge in [-0.15, -0.1) is 0 Å². The summed E-state index contributed by atoms with van der Waals surface area (Å²) in [5.41, 5.74) is 0.659. The van der Waals surface area contributed by atoms with Gasteiger partial charge in [-0.1, -0.05) is 0 Å². The number of aliphatic hydroxyl groups excluding tert-OH is 1. The highest BCUT2D eigenvalue weighted by molar-refractivity contribution is 6.08. The molecular formula is C19H23NO6. The van der Waals surface area contributed by atoms with E-state index in [0.29, 0.717) is 30.2 Å². The summed E-state index contributed by atoms with van der Waals surface area (Å²) in [6.45, 7) is 2.29. The first-order chi connectivity index (χ1) is 12.5. The maximum Gasteiger partial charge on any atom is 0.290 e. The Morgan fingerprint density at radius 2 is 2.12 bits per heavy atom. The van der Waals surface area contributed by atoms with E-state index in [1.165, 1.54) is 26.0 Å². The summed E-state index contributed by atoms with van der Waals surface area (Å²) < 4.78 is 16.4. The fourth-order valence-electron chi connectivity index (χ4n) is 3.59. The predicted octanol–water partition coefficient (Wildman–Crippen LogP) is 2.17. The zero-order chi connectivity index (χ0) is 18.8. The van der Waals surface area contributed by atoms with E-state index >= 15 is 0 Å². The van der Waals surface area contributed by atoms with E-state index in [9.17, 15) is 14.7 Å². The van der Waals surface area contributed by atoms with Crippen LogP contribution in [0.5, 0.6) is 11.5 Å². The van der Waals surface area contributed by atoms with Crippen LogP contribution in [0.25, 0.3) is 0 Å². The van der Waals surface area contributed by atoms with Gasteiger partial charge in [0, 0.05) is 18.7 Å². The first-order valence-electron chi connectivity index (χ1n) is 8.56. The van der Waals surface area contributed by atoms with Crippen molar-refractivity contribution in [2.75, 3.05) is 27.4 Å². The molecule has 0 aliphatic carbocycles. The minimum Gasteiger partial charge on any atom is -0.503 e. The quantitative estimate of drug-likeness (QED) is 0.836. The molecule has 0 aromatic heterocycles. The monoisotopic (exact) mass is 361 g/mol. The van der Waals surface area contributed by atoms with Crippen LogP contribution in [0.1, 0.15) is 31.4 Å². The molecule has 7 heteroatoms. The molecule has 2 atom stereocenters. The number of ketones is 1. The van der Waals surface area contributed by atoms with Gasteiger partial charge in [-0.05, 0) is 38.0 Å². The normalized spacial score (nSPS) is 22.9. The van der Waals surface area contributed by atoms with Crippen molar-refractivity contribution in [3.63, 3.8) is 0 Å². The summed E-state index contributed by atoms with van der Waals surface area (Å²) in [6, 6.07) is 4.44. The van der Waals surface area contributed by atoms with Gasteiger partial charge < -0.3 is 24.2 Å². The number of carbonyl (C=O) groups excluding carboxylic acids is 2. The molecule has 0 bridgehead atoms. The predicted molar refractivity (Wildman–Crippen MR) is 93.3 cm³/mol. The standard InChI is InChI=1S/C19H23NO6/c1-11(21)16-17(14-9-12(24-2)6-7-15(14)25-3)20(19(23)18(16)22)10-13-5-4-8-26-13/h6-7,9,13,17,22H,4-5,8,10H2,1-3H3. The summed E-state index contributed by atoms with van der Waals surface area (Å²) in [7, 11) is 3.05. The third kappa shape index (κ3) is 3.14. The molecular weight excluding hydrogens is 338 g/mol. The van der Waals surface area contributed by atoms with Gasteiger partial charge >= 0.3 is 0 Å². The molecule has 1 N–H and O–H groups in total. The summed E-state index contributed by atoms with van der Waals surface area (Å²) in [5.74, 6) is -0.361. The molecule has 2 aliphatic rings. The average molecular weight is 361 g/mol. The second kappa shape index (κ2) is 7.37. The number of nitrogens with zero attached hydrogens (tertiary/aromatic N) is 1. The van der Waals surface area contributed by atoms with E-state index in [2.05, 4.69) is 0 Å². The van der Waals surface area contributed by atoms with Crippen molar-refractivity contribution in [1.29, 1.82) is 0 Å². The van der Waals surface area contributed by atoms with E-state index in [1.807, 2.05) is 0 Å². The van der Waals surface area contributed by atoms with Gasteiger partial charge in [0.25, 0.3) is 5.91 Å². The van der Waals surface area contributed by atoms with E-state index in [-0.39, 0.29) is 17.5 Å². The smallest absolute Gasteiger partial charge is 0.290 e. The SMILES string of the molecule is COc1ccc(OC)c(C2C(C(C)=O)=C(O)C(=O)N2CC2CCCO2)c1. The van der Waals surface area contributed by atoms with Crippen LogP contribution in [-0.2, 0) is 14.3 Å². The molecule has 0 radical (unpaired) electrons. The number of rotatable bonds is 6. The first kappa shape index (κ1) is 18.3. The Morgan fingerprint density at radius 1 is 1.35 bits per heavy atom. The molecule has 1 aromatic rings. The Labute approximate surface area is 152 Å². The third-order valence-corrected chi connectivity index (χ3v) is 4.84. The lowest BCUT2D eigenvalue weighted by atomic mass is 9.95. The van der Waals surface area contributed by atoms with Crippen LogP contribution in [0.15, 0.2) is 29.5 Å². The van der Waals surface area contributed by atoms with Crippen LogP contribution in [-0.4, -0.2) is 55.2 Å². The number of hydrogen-bond donors (Lipinski definition) is 1. The highest BCUT2D eigenvalue weighted by atomic mass is 16.5. The highest BCUT2D eigenvalue weighted by Gasteiger charge is 2.44. The van der Waals surface area contributed by atoms with Crippen molar-refractivity contribution in [3.8, 4) is 11.5 Å². The minimum absolute atomic E-state index is 0.0690. The van der Waals surface area contributed by atoms with Crippen molar-refractivity contribution in [3.05, 3.63) is 35.1 Å². The van der Waals surface area contributed by atoms with E-state index in [4.69, 9.17) is 14.2 Å². The Morgan fingerprint density at radius 3 is 2.69 bits per heavy atom. The molecule has 2 unspecified atom stereocenters. The second-order valence-corrected chi connectivity index (χ2v) is 6.42. The number of aliphatic hydroxyl groups is 1. The van der Waals surface area contributed by atoms with Crippen LogP contribution in [0.4, 0.5) is 0 Å². The van der Waals surface area contributed by atoms with E-state index in [1.54, 1.807) is 18.2 Å². The maximum atomic E-state index is 12.7. The molecule has 0 saturated carbocycles. The van der Waals surface area contributed by atoms with Gasteiger partial charge in [0.2, 0.25) is 0 Å². The van der Waals surface area contributed by atoms with Gasteiger partial charge in [0.05, 0.1) is 31.9 Å². The largest absolute Gasteiger partial charge is 0.503 e. The number of Topliss-reactive ketones (excluding diaryl/α,β-unsaturated/α-hetero) is 1. The number of benzene rings is 1. The Balaban J connectivity index is 2.08. The number of carbonyl (C=O) groups is 2. The molecule has 1 aromatic carbocycles. The van der Waals surface area contributed by atoms with Crippen molar-refractivity contribution in [2.24, 2.45) is 0 Å². The fourth-order valence-corrected chi connectivity index (χ4v) is 3.59. The van der Waals surface area contributed by atoms with Crippen LogP contribution in [0.3, 0.4) is 0 Å². The number of amides is 1. The summed E-state index contributed by atoms with van der Waals surface area (Å²) >= 11 is 0. The lowest BCUT2D eigenvalue weighted by Gasteiger charge is -2.29. The van der Waals surface area contributed by atoms with Crippen LogP contribution >= 0.6 is 0 Å². The van der Waals surface area contributed by atoms with Crippen LogP contribution < -0.4 is 9.47 Å². The van der Waals surface area contributed by atoms with Gasteiger partial charge in [0.15, 0.2) is 11.5 Å². The first-order valence-corrected chi connectivity index (χ1v) is 8.56. The zero-order valence-corrected chi connectivity index (χ0v) is 15.2. The lowest BCUT2D eigenvalue weighted by Crippen LogP contribution is -2.37. The molecule has 0 spiro atoms. The van der Waals surface area contributed by atoms with Crippen LogP contribution in [0, 0.1) is 0 Å². The Hall–Kier alpha value is -2.54. The molecule has 2 aliphatic heterocycles. The topological polar surface area (TPSA) is 85.3 Å². The molecule has 1 amide bonds. The number of hydrogen-bond acceptors (Lipinski definition) is 6. The second-order valence-electron chi connectivity index (χ2n) is 6.42. The van der Waals surface area contributed by atoms with Crippen LogP contribution in [0.2, 0.25) is 0 Å². The van der Waals surface area contributed by atoms with Gasteiger partial charge in [-0.25, -0.2) is 0 Å². The summed E-state index contributed by atoms with van der Waals surface area (Å²) in [6.07, 6.45) is 1.65. The molecule has 140 valence electrons. The molecule has 3 rings (SSSR count). The molecule has 26 heavy (non-hydrogen) atoms. The Kier molecular flexibility index (Phi) is 5.18. The minimum atomic E-state index is -0.741. The highest BCUT2D eigenvalue weighted by Crippen LogP contribution is 2.43. The van der Waals surface area contributed by atoms with Gasteiger partial charge in [-0.2, -0.15) is 0 Å². The van der Waals surface area contributed by atoms with Crippen molar-refractivity contribution < 1.29 is 28.9 Å². The van der Waals surface area contributed by atoms with Gasteiger partial charge in [-0.3, -0.25) is 9.59 Å². The molecule has 1 fully saturated rings. The van der Waals surface area contributed by atoms with Crippen molar-refractivity contribution >= 4 is 11.7 Å². The number of methoxy groups -OCH3 is 2. The molecule has 2 heterocycles. The summed E-state index contributed by atoms with van der Waals surface area (Å²) in [5, 5.41) is 10.3. The van der Waals surface area contributed by atoms with E-state index in [0.717, 1.165) is 12.8 Å². The lowest BCUT2D eigenvalue weighted by molar-refractivity contribution is -0.131. The average Bonchev–Trinajstić information content (AvgIpc) is 3.23. The van der Waals surface area contributed by atoms with Crippen molar-refractivity contribution in [1.82, 2.24) is 4.90 Å². The molecule has 7 nitrogen and oxygen atoms in total. The van der Waals surface area contributed by atoms with E-state index < -0.39 is 17.7 Å². The molecule has 1 saturated heterocycles. The Bertz CT molecular complexity index is 750. The van der Waals surface area contributed by atoms with Crippen molar-refractivity contribution in [2.45, 2.75) is 31.9 Å². The summed E-state index contributed by atoms with van der Waals surface area (Å²) in [4.78, 5) is 26.4. The fraction of sp³-hybridized carbons (Fsp3) is 0.474. The number of ether oxygens (including phenoxy) is 3. The zero-order valence-electron chi connectivity index (χ0n) is 15.2. The third-order valence-electron chi connectivity index (χ3n) is 4.84.